The van der Waals surface area contributed by atoms with Crippen LogP contribution < -0.4 is 5.32 Å². The maximum Gasteiger partial charge on any atom is 0.254 e. The van der Waals surface area contributed by atoms with Gasteiger partial charge in [0.2, 0.25) is 0 Å². The standard InChI is InChI=1S/C17H23N5O2/c1-12-9-22(10-13(2)24-12)17(23)14-4-6-15(7-5-14)18-8-16-20-19-11-21(16)3/h4-7,11-13,18H,8-10H2,1-3H3/t12-,13+. The zero-order valence-corrected chi connectivity index (χ0v) is 14.3. The first-order chi connectivity index (χ1) is 11.5. The van der Waals surface area contributed by atoms with Gasteiger partial charge < -0.3 is 19.5 Å². The highest BCUT2D eigenvalue weighted by Crippen LogP contribution is 2.16. The van der Waals surface area contributed by atoms with Gasteiger partial charge in [-0.05, 0) is 38.1 Å². The Bertz CT molecular complexity index is 687. The minimum absolute atomic E-state index is 0.0526. The van der Waals surface area contributed by atoms with E-state index in [0.717, 1.165) is 11.5 Å². The molecule has 2 aromatic rings. The first kappa shape index (κ1) is 16.4. The SMILES string of the molecule is C[C@@H]1CN(C(=O)c2ccc(NCc3nncn3C)cc2)C[C@H](C)O1. The van der Waals surface area contributed by atoms with E-state index in [1.54, 1.807) is 6.33 Å². The number of morpholine rings is 1. The van der Waals surface area contributed by atoms with Crippen LogP contribution in [0.25, 0.3) is 0 Å². The van der Waals surface area contributed by atoms with Gasteiger partial charge in [-0.2, -0.15) is 0 Å². The average molecular weight is 329 g/mol. The lowest BCUT2D eigenvalue weighted by Gasteiger charge is -2.35. The molecule has 1 amide bonds. The third-order valence-corrected chi connectivity index (χ3v) is 4.09. The summed E-state index contributed by atoms with van der Waals surface area (Å²) >= 11 is 0. The van der Waals surface area contributed by atoms with Crippen molar-refractivity contribution < 1.29 is 9.53 Å². The summed E-state index contributed by atoms with van der Waals surface area (Å²) in [4.78, 5) is 14.5. The lowest BCUT2D eigenvalue weighted by atomic mass is 10.1. The molecule has 0 bridgehead atoms. The lowest BCUT2D eigenvalue weighted by Crippen LogP contribution is -2.48. The molecule has 0 saturated carbocycles. The number of anilines is 1. The van der Waals surface area contributed by atoms with Crippen molar-refractivity contribution in [3.63, 3.8) is 0 Å². The molecule has 1 fully saturated rings. The lowest BCUT2D eigenvalue weighted by molar-refractivity contribution is -0.0586. The molecule has 24 heavy (non-hydrogen) atoms. The first-order valence-electron chi connectivity index (χ1n) is 8.14. The Balaban J connectivity index is 1.61. The van der Waals surface area contributed by atoms with Crippen molar-refractivity contribution in [1.29, 1.82) is 0 Å². The number of hydrogen-bond acceptors (Lipinski definition) is 5. The molecule has 3 rings (SSSR count). The molecule has 1 aromatic heterocycles. The second kappa shape index (κ2) is 7.00. The molecule has 2 atom stereocenters. The number of hydrogen-bond donors (Lipinski definition) is 1. The van der Waals surface area contributed by atoms with Crippen LogP contribution in [0.4, 0.5) is 5.69 Å². The van der Waals surface area contributed by atoms with Crippen molar-refractivity contribution in [2.24, 2.45) is 7.05 Å². The molecule has 1 aliphatic rings. The second-order valence-electron chi connectivity index (χ2n) is 6.26. The third kappa shape index (κ3) is 3.73. The first-order valence-corrected chi connectivity index (χ1v) is 8.14. The highest BCUT2D eigenvalue weighted by molar-refractivity contribution is 5.94. The zero-order chi connectivity index (χ0) is 17.1. The van der Waals surface area contributed by atoms with Crippen LogP contribution >= 0.6 is 0 Å². The summed E-state index contributed by atoms with van der Waals surface area (Å²) in [5.74, 6) is 0.906. The van der Waals surface area contributed by atoms with Gasteiger partial charge in [0.15, 0.2) is 5.82 Å². The molecule has 0 unspecified atom stereocenters. The number of nitrogens with zero attached hydrogens (tertiary/aromatic N) is 4. The number of benzene rings is 1. The monoisotopic (exact) mass is 329 g/mol. The quantitative estimate of drug-likeness (QED) is 0.924. The van der Waals surface area contributed by atoms with E-state index < -0.39 is 0 Å². The fraction of sp³-hybridized carbons (Fsp3) is 0.471. The number of ether oxygens (including phenoxy) is 1. The van der Waals surface area contributed by atoms with Crippen molar-refractivity contribution in [3.05, 3.63) is 42.0 Å². The maximum atomic E-state index is 12.6. The van der Waals surface area contributed by atoms with Gasteiger partial charge in [0.05, 0.1) is 18.8 Å². The Hall–Kier alpha value is -2.41. The summed E-state index contributed by atoms with van der Waals surface area (Å²) in [6, 6.07) is 7.53. The van der Waals surface area contributed by atoms with Gasteiger partial charge in [0, 0.05) is 31.4 Å². The minimum Gasteiger partial charge on any atom is -0.378 e. The van der Waals surface area contributed by atoms with Crippen molar-refractivity contribution in [2.75, 3.05) is 18.4 Å². The van der Waals surface area contributed by atoms with E-state index in [2.05, 4.69) is 15.5 Å². The topological polar surface area (TPSA) is 72.3 Å². The number of carbonyl (C=O) groups excluding carboxylic acids is 1. The Labute approximate surface area is 141 Å². The molecule has 1 N–H and O–H groups in total. The number of aryl methyl sites for hydroxylation is 1. The van der Waals surface area contributed by atoms with Crippen molar-refractivity contribution in [3.8, 4) is 0 Å². The second-order valence-corrected chi connectivity index (χ2v) is 6.26. The zero-order valence-electron chi connectivity index (χ0n) is 14.3. The van der Waals surface area contributed by atoms with Gasteiger partial charge in [0.25, 0.3) is 5.91 Å². The molecule has 0 spiro atoms. The van der Waals surface area contributed by atoms with Gasteiger partial charge in [0.1, 0.15) is 6.33 Å². The summed E-state index contributed by atoms with van der Waals surface area (Å²) in [5, 5.41) is 11.2. The maximum absolute atomic E-state index is 12.6. The van der Waals surface area contributed by atoms with E-state index in [1.807, 2.05) is 54.6 Å². The third-order valence-electron chi connectivity index (χ3n) is 4.09. The summed E-state index contributed by atoms with van der Waals surface area (Å²) in [5.41, 5.74) is 1.64. The highest BCUT2D eigenvalue weighted by atomic mass is 16.5. The van der Waals surface area contributed by atoms with E-state index >= 15 is 0 Å². The van der Waals surface area contributed by atoms with Crippen LogP contribution in [0.1, 0.15) is 30.0 Å². The molecule has 7 nitrogen and oxygen atoms in total. The summed E-state index contributed by atoms with van der Waals surface area (Å²) in [6.07, 6.45) is 1.82. The molecule has 2 heterocycles. The molecular formula is C17H23N5O2. The van der Waals surface area contributed by atoms with Crippen LogP contribution in [0.3, 0.4) is 0 Å². The Morgan fingerprint density at radius 2 is 1.92 bits per heavy atom. The van der Waals surface area contributed by atoms with Crippen molar-refractivity contribution >= 4 is 11.6 Å². The van der Waals surface area contributed by atoms with E-state index in [-0.39, 0.29) is 18.1 Å². The summed E-state index contributed by atoms with van der Waals surface area (Å²) in [6.45, 7) is 5.85. The van der Waals surface area contributed by atoms with Crippen LogP contribution in [0, 0.1) is 0 Å². The van der Waals surface area contributed by atoms with E-state index in [1.165, 1.54) is 0 Å². The predicted molar refractivity (Wildman–Crippen MR) is 90.7 cm³/mol. The van der Waals surface area contributed by atoms with Crippen molar-refractivity contribution in [1.82, 2.24) is 19.7 Å². The molecular weight excluding hydrogens is 306 g/mol. The van der Waals surface area contributed by atoms with Crippen molar-refractivity contribution in [2.45, 2.75) is 32.6 Å². The molecule has 1 saturated heterocycles. The molecule has 0 aliphatic carbocycles. The Kier molecular flexibility index (Phi) is 4.80. The summed E-state index contributed by atoms with van der Waals surface area (Å²) < 4.78 is 7.55. The number of nitrogens with one attached hydrogen (secondary N) is 1. The number of amides is 1. The number of rotatable bonds is 4. The van der Waals surface area contributed by atoms with Crippen LogP contribution in [0.15, 0.2) is 30.6 Å². The molecule has 128 valence electrons. The van der Waals surface area contributed by atoms with Gasteiger partial charge >= 0.3 is 0 Å². The van der Waals surface area contributed by atoms with Crippen LogP contribution in [0.2, 0.25) is 0 Å². The normalized spacial score (nSPS) is 20.9. The summed E-state index contributed by atoms with van der Waals surface area (Å²) in [7, 11) is 1.91. The Morgan fingerprint density at radius 3 is 2.50 bits per heavy atom. The van der Waals surface area contributed by atoms with Gasteiger partial charge in [-0.15, -0.1) is 10.2 Å². The fourth-order valence-corrected chi connectivity index (χ4v) is 2.91. The molecule has 1 aromatic carbocycles. The highest BCUT2D eigenvalue weighted by Gasteiger charge is 2.26. The van der Waals surface area contributed by atoms with Gasteiger partial charge in [-0.3, -0.25) is 4.79 Å². The van der Waals surface area contributed by atoms with Crippen LogP contribution in [0.5, 0.6) is 0 Å². The minimum atomic E-state index is 0.0526. The van der Waals surface area contributed by atoms with E-state index in [4.69, 9.17) is 4.74 Å². The molecule has 0 radical (unpaired) electrons. The fourth-order valence-electron chi connectivity index (χ4n) is 2.91. The number of carbonyl (C=O) groups is 1. The molecule has 1 aliphatic heterocycles. The van der Waals surface area contributed by atoms with Crippen LogP contribution in [-0.2, 0) is 18.3 Å². The smallest absolute Gasteiger partial charge is 0.254 e. The molecule has 7 heteroatoms. The Morgan fingerprint density at radius 1 is 1.25 bits per heavy atom. The predicted octanol–water partition coefficient (Wildman–Crippen LogP) is 1.68. The number of aromatic nitrogens is 3. The van der Waals surface area contributed by atoms with E-state index in [9.17, 15) is 4.79 Å². The van der Waals surface area contributed by atoms with Gasteiger partial charge in [-0.25, -0.2) is 0 Å². The van der Waals surface area contributed by atoms with E-state index in [0.29, 0.717) is 25.2 Å². The average Bonchev–Trinajstić information content (AvgIpc) is 2.97. The van der Waals surface area contributed by atoms with Gasteiger partial charge in [-0.1, -0.05) is 0 Å². The van der Waals surface area contributed by atoms with Crippen LogP contribution in [-0.4, -0.2) is 50.9 Å². The largest absolute Gasteiger partial charge is 0.378 e.